The maximum absolute atomic E-state index is 11.4. The molecule has 1 atom stereocenters. The van der Waals surface area contributed by atoms with E-state index in [0.717, 1.165) is 5.57 Å². The molecule has 1 N–H and O–H groups in total. The molecule has 0 aromatic rings. The van der Waals surface area contributed by atoms with Crippen molar-refractivity contribution in [2.24, 2.45) is 0 Å². The second-order valence-electron chi connectivity index (χ2n) is 5.32. The van der Waals surface area contributed by atoms with E-state index in [2.05, 4.69) is 6.58 Å². The summed E-state index contributed by atoms with van der Waals surface area (Å²) in [4.78, 5) is 22.8. The molecule has 0 unspecified atom stereocenters. The largest absolute Gasteiger partial charge is 0.460 e. The Labute approximate surface area is 103 Å². The van der Waals surface area contributed by atoms with Gasteiger partial charge in [0.15, 0.2) is 0 Å². The zero-order valence-corrected chi connectivity index (χ0v) is 11.1. The van der Waals surface area contributed by atoms with Crippen molar-refractivity contribution in [3.8, 4) is 0 Å². The number of aliphatic hydroxyl groups excluding tert-OH is 1. The van der Waals surface area contributed by atoms with Crippen LogP contribution in [-0.4, -0.2) is 28.6 Å². The molecule has 0 radical (unpaired) electrons. The summed E-state index contributed by atoms with van der Waals surface area (Å²) >= 11 is 0. The van der Waals surface area contributed by atoms with Crippen molar-refractivity contribution in [2.75, 3.05) is 0 Å². The lowest BCUT2D eigenvalue weighted by atomic mass is 10.0. The van der Waals surface area contributed by atoms with Gasteiger partial charge in [0, 0.05) is 6.42 Å². The van der Waals surface area contributed by atoms with E-state index in [9.17, 15) is 14.7 Å². The first kappa shape index (κ1) is 15.8. The van der Waals surface area contributed by atoms with E-state index in [0.29, 0.717) is 6.42 Å². The Bertz CT molecular complexity index is 299. The van der Waals surface area contributed by atoms with Crippen LogP contribution in [0.3, 0.4) is 0 Å². The van der Waals surface area contributed by atoms with Crippen LogP contribution in [0.4, 0.5) is 0 Å². The molecule has 0 aromatic carbocycles. The van der Waals surface area contributed by atoms with Crippen LogP contribution in [0.1, 0.15) is 47.0 Å². The number of carbonyl (C=O) groups is 2. The average Bonchev–Trinajstić information content (AvgIpc) is 1.95. The summed E-state index contributed by atoms with van der Waals surface area (Å²) in [5.41, 5.74) is 0.218. The highest BCUT2D eigenvalue weighted by Gasteiger charge is 2.20. The molecule has 4 nitrogen and oxygen atoms in total. The standard InChI is InChI=1S/C13H22O4/c1-9(2)6-10(14)7-11(15)8-12(16)17-13(3,4)5/h10,14H,1,6-8H2,2-5H3/t10-/m1/s1. The summed E-state index contributed by atoms with van der Waals surface area (Å²) in [7, 11) is 0. The smallest absolute Gasteiger partial charge is 0.313 e. The van der Waals surface area contributed by atoms with Gasteiger partial charge in [0.1, 0.15) is 17.8 Å². The molecular formula is C13H22O4. The zero-order chi connectivity index (χ0) is 13.6. The van der Waals surface area contributed by atoms with Gasteiger partial charge < -0.3 is 9.84 Å². The van der Waals surface area contributed by atoms with E-state index in [1.165, 1.54) is 0 Å². The number of hydrogen-bond acceptors (Lipinski definition) is 4. The van der Waals surface area contributed by atoms with Crippen LogP contribution in [0.15, 0.2) is 12.2 Å². The lowest BCUT2D eigenvalue weighted by Gasteiger charge is -2.19. The fourth-order valence-electron chi connectivity index (χ4n) is 1.35. The maximum atomic E-state index is 11.4. The molecule has 0 fully saturated rings. The molecule has 0 amide bonds. The fraction of sp³-hybridized carbons (Fsp3) is 0.692. The molecule has 0 aliphatic rings. The second kappa shape index (κ2) is 6.55. The molecular weight excluding hydrogens is 220 g/mol. The Morgan fingerprint density at radius 2 is 1.82 bits per heavy atom. The van der Waals surface area contributed by atoms with Crippen molar-refractivity contribution in [3.63, 3.8) is 0 Å². The fourth-order valence-corrected chi connectivity index (χ4v) is 1.35. The Balaban J connectivity index is 4.02. The average molecular weight is 242 g/mol. The minimum atomic E-state index is -0.762. The van der Waals surface area contributed by atoms with Gasteiger partial charge in [-0.2, -0.15) is 0 Å². The first-order valence-electron chi connectivity index (χ1n) is 5.66. The van der Waals surface area contributed by atoms with Gasteiger partial charge in [-0.1, -0.05) is 5.57 Å². The van der Waals surface area contributed by atoms with Gasteiger partial charge in [0.2, 0.25) is 0 Å². The van der Waals surface area contributed by atoms with E-state index < -0.39 is 17.7 Å². The summed E-state index contributed by atoms with van der Waals surface area (Å²) < 4.78 is 5.01. The van der Waals surface area contributed by atoms with Crippen molar-refractivity contribution >= 4 is 11.8 Å². The third-order valence-corrected chi connectivity index (χ3v) is 1.81. The van der Waals surface area contributed by atoms with Gasteiger partial charge in [-0.3, -0.25) is 9.59 Å². The van der Waals surface area contributed by atoms with E-state index in [1.54, 1.807) is 27.7 Å². The minimum absolute atomic E-state index is 0.0356. The first-order chi connectivity index (χ1) is 7.60. The van der Waals surface area contributed by atoms with Crippen LogP contribution in [0.25, 0.3) is 0 Å². The van der Waals surface area contributed by atoms with Crippen molar-refractivity contribution < 1.29 is 19.4 Å². The van der Waals surface area contributed by atoms with Gasteiger partial charge in [-0.05, 0) is 34.1 Å². The van der Waals surface area contributed by atoms with Crippen molar-refractivity contribution in [2.45, 2.75) is 58.7 Å². The quantitative estimate of drug-likeness (QED) is 0.439. The number of aliphatic hydroxyl groups is 1. The molecule has 98 valence electrons. The highest BCUT2D eigenvalue weighted by molar-refractivity contribution is 5.95. The van der Waals surface area contributed by atoms with Crippen molar-refractivity contribution in [1.82, 2.24) is 0 Å². The van der Waals surface area contributed by atoms with Crippen LogP contribution in [0.2, 0.25) is 0 Å². The number of ketones is 1. The number of carbonyl (C=O) groups excluding carboxylic acids is 2. The Morgan fingerprint density at radius 1 is 1.29 bits per heavy atom. The second-order valence-corrected chi connectivity index (χ2v) is 5.32. The van der Waals surface area contributed by atoms with Crippen LogP contribution < -0.4 is 0 Å². The summed E-state index contributed by atoms with van der Waals surface area (Å²) in [6.07, 6.45) is -0.709. The molecule has 0 heterocycles. The predicted molar refractivity (Wildman–Crippen MR) is 65.5 cm³/mol. The lowest BCUT2D eigenvalue weighted by molar-refractivity contribution is -0.156. The van der Waals surface area contributed by atoms with Gasteiger partial charge in [0.25, 0.3) is 0 Å². The molecule has 0 aliphatic carbocycles. The highest BCUT2D eigenvalue weighted by atomic mass is 16.6. The lowest BCUT2D eigenvalue weighted by Crippen LogP contribution is -2.26. The minimum Gasteiger partial charge on any atom is -0.460 e. The molecule has 4 heteroatoms. The van der Waals surface area contributed by atoms with Crippen LogP contribution in [-0.2, 0) is 14.3 Å². The van der Waals surface area contributed by atoms with E-state index in [-0.39, 0.29) is 18.6 Å². The summed E-state index contributed by atoms with van der Waals surface area (Å²) in [6, 6.07) is 0. The number of rotatable bonds is 6. The van der Waals surface area contributed by atoms with Gasteiger partial charge in [0.05, 0.1) is 6.10 Å². The van der Waals surface area contributed by atoms with Gasteiger partial charge >= 0.3 is 5.97 Å². The Morgan fingerprint density at radius 3 is 2.24 bits per heavy atom. The molecule has 0 saturated heterocycles. The molecule has 0 aromatic heterocycles. The number of ether oxygens (including phenoxy) is 1. The van der Waals surface area contributed by atoms with Gasteiger partial charge in [-0.25, -0.2) is 0 Å². The zero-order valence-electron chi connectivity index (χ0n) is 11.1. The Kier molecular flexibility index (Phi) is 6.10. The van der Waals surface area contributed by atoms with E-state index >= 15 is 0 Å². The molecule has 0 aliphatic heterocycles. The molecule has 0 saturated carbocycles. The number of Topliss-reactive ketones (excluding diaryl/α,β-unsaturated/α-hetero) is 1. The third kappa shape index (κ3) is 9.75. The van der Waals surface area contributed by atoms with Crippen molar-refractivity contribution in [1.29, 1.82) is 0 Å². The topological polar surface area (TPSA) is 63.6 Å². The van der Waals surface area contributed by atoms with Crippen LogP contribution in [0.5, 0.6) is 0 Å². The normalized spacial score (nSPS) is 13.0. The summed E-state index contributed by atoms with van der Waals surface area (Å²) in [6.45, 7) is 10.7. The summed E-state index contributed by atoms with van der Waals surface area (Å²) in [5, 5.41) is 9.50. The van der Waals surface area contributed by atoms with Crippen molar-refractivity contribution in [3.05, 3.63) is 12.2 Å². The number of esters is 1. The highest BCUT2D eigenvalue weighted by Crippen LogP contribution is 2.11. The maximum Gasteiger partial charge on any atom is 0.313 e. The molecule has 0 bridgehead atoms. The third-order valence-electron chi connectivity index (χ3n) is 1.81. The molecule has 0 rings (SSSR count). The predicted octanol–water partition coefficient (Wildman–Crippen LogP) is 2.00. The van der Waals surface area contributed by atoms with E-state index in [4.69, 9.17) is 4.74 Å². The molecule has 0 spiro atoms. The monoisotopic (exact) mass is 242 g/mol. The van der Waals surface area contributed by atoms with E-state index in [1.807, 2.05) is 0 Å². The number of hydrogen-bond donors (Lipinski definition) is 1. The van der Waals surface area contributed by atoms with Crippen LogP contribution in [0, 0.1) is 0 Å². The summed E-state index contributed by atoms with van der Waals surface area (Å²) in [5.74, 6) is -0.863. The molecule has 17 heavy (non-hydrogen) atoms. The van der Waals surface area contributed by atoms with Crippen LogP contribution >= 0.6 is 0 Å². The first-order valence-corrected chi connectivity index (χ1v) is 5.66. The SMILES string of the molecule is C=C(C)C[C@@H](O)CC(=O)CC(=O)OC(C)(C)C. The Hall–Kier alpha value is -1.16. The van der Waals surface area contributed by atoms with Gasteiger partial charge in [-0.15, -0.1) is 6.58 Å².